The minimum atomic E-state index is -3.49. The average molecular weight is 389 g/mol. The van der Waals surface area contributed by atoms with Gasteiger partial charge in [-0.25, -0.2) is 8.42 Å². The molecule has 2 aromatic carbocycles. The van der Waals surface area contributed by atoms with Crippen molar-refractivity contribution in [2.24, 2.45) is 0 Å². The molecule has 2 N–H and O–H groups in total. The molecular formula is C19H19NO4S2. The molecule has 0 aliphatic heterocycles. The number of carbonyl (C=O) groups excluding carboxylic acids is 1. The Hall–Kier alpha value is -2.22. The minimum absolute atomic E-state index is 0.0466. The van der Waals surface area contributed by atoms with Crippen LogP contribution in [-0.4, -0.2) is 31.7 Å². The summed E-state index contributed by atoms with van der Waals surface area (Å²) in [5, 5.41) is 15.8. The highest BCUT2D eigenvalue weighted by Gasteiger charge is 2.18. The van der Waals surface area contributed by atoms with E-state index in [4.69, 9.17) is 0 Å². The molecule has 1 amide bonds. The Balaban J connectivity index is 1.54. The lowest BCUT2D eigenvalue weighted by Gasteiger charge is -2.12. The number of aliphatic hydroxyl groups is 1. The highest BCUT2D eigenvalue weighted by Crippen LogP contribution is 2.29. The second-order valence-electron chi connectivity index (χ2n) is 5.89. The van der Waals surface area contributed by atoms with Crippen LogP contribution in [0, 0.1) is 0 Å². The molecule has 0 aliphatic rings. The lowest BCUT2D eigenvalue weighted by molar-refractivity contribution is -0.121. The van der Waals surface area contributed by atoms with E-state index < -0.39 is 21.8 Å². The first-order chi connectivity index (χ1) is 12.5. The molecule has 1 atom stereocenters. The van der Waals surface area contributed by atoms with Crippen LogP contribution in [0.2, 0.25) is 0 Å². The summed E-state index contributed by atoms with van der Waals surface area (Å²) in [6.45, 7) is 0.0466. The number of hydrogen-bond acceptors (Lipinski definition) is 5. The number of nitrogens with one attached hydrogen (secondary N) is 1. The van der Waals surface area contributed by atoms with Crippen LogP contribution in [0.15, 0.2) is 64.9 Å². The van der Waals surface area contributed by atoms with Gasteiger partial charge < -0.3 is 10.4 Å². The van der Waals surface area contributed by atoms with E-state index in [9.17, 15) is 18.3 Å². The van der Waals surface area contributed by atoms with E-state index >= 15 is 0 Å². The molecular weight excluding hydrogens is 370 g/mol. The summed E-state index contributed by atoms with van der Waals surface area (Å²) in [5.74, 6) is -0.663. The van der Waals surface area contributed by atoms with Crippen molar-refractivity contribution < 1.29 is 18.3 Å². The standard InChI is InChI=1S/C19H19NO4S2/c21-17(16-13-25-18-9-5-4-8-15(16)18)12-20-19(22)10-11-26(23,24)14-6-2-1-3-7-14/h1-9,13,17,21H,10-12H2,(H,20,22)/t17-/m1/s1. The number of amides is 1. The van der Waals surface area contributed by atoms with Crippen molar-refractivity contribution in [1.82, 2.24) is 5.32 Å². The van der Waals surface area contributed by atoms with Crippen LogP contribution in [0.3, 0.4) is 0 Å². The largest absolute Gasteiger partial charge is 0.387 e. The van der Waals surface area contributed by atoms with Gasteiger partial charge in [-0.1, -0.05) is 36.4 Å². The van der Waals surface area contributed by atoms with Gasteiger partial charge in [0.05, 0.1) is 16.8 Å². The predicted molar refractivity (Wildman–Crippen MR) is 103 cm³/mol. The first kappa shape index (κ1) is 18.6. The zero-order chi connectivity index (χ0) is 18.6. The minimum Gasteiger partial charge on any atom is -0.387 e. The fourth-order valence-electron chi connectivity index (χ4n) is 2.64. The Morgan fingerprint density at radius 2 is 1.77 bits per heavy atom. The molecule has 0 spiro atoms. The van der Waals surface area contributed by atoms with Crippen molar-refractivity contribution in [2.45, 2.75) is 17.4 Å². The molecule has 1 aromatic heterocycles. The zero-order valence-electron chi connectivity index (χ0n) is 14.0. The fourth-order valence-corrected chi connectivity index (χ4v) is 4.91. The van der Waals surface area contributed by atoms with Gasteiger partial charge in [0.1, 0.15) is 0 Å². The molecule has 0 radical (unpaired) electrons. The van der Waals surface area contributed by atoms with E-state index in [0.29, 0.717) is 0 Å². The number of carbonyl (C=O) groups is 1. The normalized spacial score (nSPS) is 12.8. The lowest BCUT2D eigenvalue weighted by Crippen LogP contribution is -2.29. The third-order valence-electron chi connectivity index (χ3n) is 4.06. The summed E-state index contributed by atoms with van der Waals surface area (Å²) >= 11 is 1.54. The molecule has 3 rings (SSSR count). The van der Waals surface area contributed by atoms with Crippen LogP contribution >= 0.6 is 11.3 Å². The first-order valence-corrected chi connectivity index (χ1v) is 10.7. The van der Waals surface area contributed by atoms with Crippen molar-refractivity contribution in [2.75, 3.05) is 12.3 Å². The van der Waals surface area contributed by atoms with Gasteiger partial charge in [0, 0.05) is 23.2 Å². The van der Waals surface area contributed by atoms with E-state index in [-0.39, 0.29) is 23.6 Å². The maximum atomic E-state index is 12.2. The Bertz CT molecular complexity index is 997. The topological polar surface area (TPSA) is 83.5 Å². The molecule has 136 valence electrons. The van der Waals surface area contributed by atoms with Gasteiger partial charge in [0.2, 0.25) is 5.91 Å². The molecule has 5 nitrogen and oxygen atoms in total. The van der Waals surface area contributed by atoms with E-state index in [1.54, 1.807) is 18.2 Å². The zero-order valence-corrected chi connectivity index (χ0v) is 15.6. The van der Waals surface area contributed by atoms with E-state index in [1.165, 1.54) is 23.5 Å². The third kappa shape index (κ3) is 4.30. The quantitative estimate of drug-likeness (QED) is 0.651. The van der Waals surface area contributed by atoms with Gasteiger partial charge in [-0.05, 0) is 29.0 Å². The lowest BCUT2D eigenvalue weighted by atomic mass is 10.1. The second kappa shape index (κ2) is 7.99. The number of aliphatic hydroxyl groups excluding tert-OH is 1. The highest BCUT2D eigenvalue weighted by molar-refractivity contribution is 7.91. The van der Waals surface area contributed by atoms with Crippen LogP contribution in [0.1, 0.15) is 18.1 Å². The molecule has 0 fully saturated rings. The van der Waals surface area contributed by atoms with E-state index in [1.807, 2.05) is 29.6 Å². The van der Waals surface area contributed by atoms with Gasteiger partial charge in [0.25, 0.3) is 0 Å². The van der Waals surface area contributed by atoms with Crippen LogP contribution in [-0.2, 0) is 14.6 Å². The van der Waals surface area contributed by atoms with Gasteiger partial charge in [0.15, 0.2) is 9.84 Å². The Morgan fingerprint density at radius 3 is 2.54 bits per heavy atom. The van der Waals surface area contributed by atoms with Crippen LogP contribution < -0.4 is 5.32 Å². The number of hydrogen-bond donors (Lipinski definition) is 2. The molecule has 26 heavy (non-hydrogen) atoms. The van der Waals surface area contributed by atoms with Crippen molar-refractivity contribution in [3.63, 3.8) is 0 Å². The summed E-state index contributed by atoms with van der Waals surface area (Å²) in [7, 11) is -3.49. The third-order valence-corrected chi connectivity index (χ3v) is 6.78. The van der Waals surface area contributed by atoms with Crippen molar-refractivity contribution >= 4 is 37.2 Å². The molecule has 0 aliphatic carbocycles. The molecule has 0 bridgehead atoms. The summed E-state index contributed by atoms with van der Waals surface area (Å²) < 4.78 is 25.4. The summed E-state index contributed by atoms with van der Waals surface area (Å²) in [6.07, 6.45) is -0.977. The first-order valence-electron chi connectivity index (χ1n) is 8.16. The number of benzene rings is 2. The number of rotatable bonds is 7. The predicted octanol–water partition coefficient (Wildman–Crippen LogP) is 2.91. The highest BCUT2D eigenvalue weighted by atomic mass is 32.2. The maximum absolute atomic E-state index is 12.2. The molecule has 1 heterocycles. The van der Waals surface area contributed by atoms with Crippen LogP contribution in [0.5, 0.6) is 0 Å². The summed E-state index contributed by atoms with van der Waals surface area (Å²) in [6, 6.07) is 15.8. The summed E-state index contributed by atoms with van der Waals surface area (Å²) in [5.41, 5.74) is 0.766. The van der Waals surface area contributed by atoms with E-state index in [2.05, 4.69) is 5.32 Å². The van der Waals surface area contributed by atoms with Gasteiger partial charge in [-0.2, -0.15) is 0 Å². The maximum Gasteiger partial charge on any atom is 0.221 e. The molecule has 3 aromatic rings. The Kier molecular flexibility index (Phi) is 5.70. The van der Waals surface area contributed by atoms with Gasteiger partial charge in [-0.3, -0.25) is 4.79 Å². The van der Waals surface area contributed by atoms with Crippen molar-refractivity contribution in [1.29, 1.82) is 0 Å². The monoisotopic (exact) mass is 389 g/mol. The number of sulfone groups is 1. The van der Waals surface area contributed by atoms with E-state index in [0.717, 1.165) is 15.6 Å². The second-order valence-corrected chi connectivity index (χ2v) is 8.91. The van der Waals surface area contributed by atoms with Gasteiger partial charge in [-0.15, -0.1) is 11.3 Å². The van der Waals surface area contributed by atoms with Gasteiger partial charge >= 0.3 is 0 Å². The Labute approximate surface area is 156 Å². The van der Waals surface area contributed by atoms with Crippen molar-refractivity contribution in [3.8, 4) is 0 Å². The number of fused-ring (bicyclic) bond motifs is 1. The number of thiophene rings is 1. The van der Waals surface area contributed by atoms with Crippen LogP contribution in [0.25, 0.3) is 10.1 Å². The summed E-state index contributed by atoms with van der Waals surface area (Å²) in [4.78, 5) is 12.2. The fraction of sp³-hybridized carbons (Fsp3) is 0.211. The molecule has 0 saturated heterocycles. The average Bonchev–Trinajstić information content (AvgIpc) is 3.09. The molecule has 0 unspecified atom stereocenters. The molecule has 7 heteroatoms. The Morgan fingerprint density at radius 1 is 1.08 bits per heavy atom. The smallest absolute Gasteiger partial charge is 0.221 e. The SMILES string of the molecule is O=C(CCS(=O)(=O)c1ccccc1)NC[C@@H](O)c1csc2ccccc12. The molecule has 0 saturated carbocycles. The van der Waals surface area contributed by atoms with Crippen LogP contribution in [0.4, 0.5) is 0 Å². The van der Waals surface area contributed by atoms with Crippen molar-refractivity contribution in [3.05, 3.63) is 65.5 Å².